The first kappa shape index (κ1) is 14.4. The monoisotopic (exact) mass is 311 g/mol. The van der Waals surface area contributed by atoms with Gasteiger partial charge in [0.05, 0.1) is 12.2 Å². The van der Waals surface area contributed by atoms with Gasteiger partial charge in [-0.1, -0.05) is 48.0 Å². The summed E-state index contributed by atoms with van der Waals surface area (Å²) >= 11 is 6.08. The maximum absolute atomic E-state index is 11.8. The van der Waals surface area contributed by atoms with Crippen molar-refractivity contribution < 1.29 is 4.79 Å². The van der Waals surface area contributed by atoms with Gasteiger partial charge in [-0.25, -0.2) is 4.98 Å². The Morgan fingerprint density at radius 2 is 2.00 bits per heavy atom. The van der Waals surface area contributed by atoms with Gasteiger partial charge in [-0.15, -0.1) is 0 Å². The number of amides is 1. The Morgan fingerprint density at radius 1 is 1.18 bits per heavy atom. The normalized spacial score (nSPS) is 11.1. The van der Waals surface area contributed by atoms with Gasteiger partial charge in [0.25, 0.3) is 0 Å². The van der Waals surface area contributed by atoms with Gasteiger partial charge in [0.15, 0.2) is 0 Å². The summed E-state index contributed by atoms with van der Waals surface area (Å²) in [5.41, 5.74) is 2.50. The van der Waals surface area contributed by atoms with E-state index in [1.54, 1.807) is 16.5 Å². The van der Waals surface area contributed by atoms with Crippen molar-refractivity contribution in [3.63, 3.8) is 0 Å². The largest absolute Gasteiger partial charge is 0.347 e. The van der Waals surface area contributed by atoms with E-state index in [2.05, 4.69) is 10.3 Å². The number of imidazole rings is 1. The number of carbonyl (C=O) groups is 1. The van der Waals surface area contributed by atoms with Gasteiger partial charge in [0.1, 0.15) is 10.8 Å². The molecule has 5 heteroatoms. The molecular formula is C17H14ClN3O. The predicted octanol–water partition coefficient (Wildman–Crippen LogP) is 3.32. The van der Waals surface area contributed by atoms with Crippen molar-refractivity contribution in [3.8, 4) is 0 Å². The first-order valence-corrected chi connectivity index (χ1v) is 7.23. The van der Waals surface area contributed by atoms with Crippen LogP contribution in [0.5, 0.6) is 0 Å². The van der Waals surface area contributed by atoms with E-state index in [-0.39, 0.29) is 5.91 Å². The number of fused-ring (bicyclic) bond motifs is 1. The molecular weight excluding hydrogens is 298 g/mol. The lowest BCUT2D eigenvalue weighted by Crippen LogP contribution is -2.20. The molecule has 110 valence electrons. The summed E-state index contributed by atoms with van der Waals surface area (Å²) in [6.45, 7) is 0.357. The van der Waals surface area contributed by atoms with Crippen LogP contribution in [-0.4, -0.2) is 15.3 Å². The standard InChI is InChI=1S/C17H14ClN3O/c18-15-7-4-8-16-20-14(12-21(15)16)11-19-17(22)10-9-13-5-2-1-3-6-13/h1-10,12H,11H2,(H,19,22)/b10-9+. The van der Waals surface area contributed by atoms with Crippen LogP contribution in [0, 0.1) is 0 Å². The average molecular weight is 312 g/mol. The summed E-state index contributed by atoms with van der Waals surface area (Å²) < 4.78 is 1.78. The van der Waals surface area contributed by atoms with Crippen molar-refractivity contribution in [3.05, 3.63) is 77.2 Å². The van der Waals surface area contributed by atoms with E-state index in [1.807, 2.05) is 48.7 Å². The minimum Gasteiger partial charge on any atom is -0.347 e. The number of hydrogen-bond donors (Lipinski definition) is 1. The van der Waals surface area contributed by atoms with Gasteiger partial charge < -0.3 is 5.32 Å². The van der Waals surface area contributed by atoms with Crippen molar-refractivity contribution in [1.29, 1.82) is 0 Å². The van der Waals surface area contributed by atoms with E-state index in [9.17, 15) is 4.79 Å². The molecule has 1 N–H and O–H groups in total. The van der Waals surface area contributed by atoms with Gasteiger partial charge in [-0.2, -0.15) is 0 Å². The van der Waals surface area contributed by atoms with Gasteiger partial charge in [-0.3, -0.25) is 9.20 Å². The second-order valence-corrected chi connectivity index (χ2v) is 5.16. The molecule has 0 atom stereocenters. The summed E-state index contributed by atoms with van der Waals surface area (Å²) in [5.74, 6) is -0.160. The Morgan fingerprint density at radius 3 is 2.77 bits per heavy atom. The maximum atomic E-state index is 11.8. The van der Waals surface area contributed by atoms with Crippen LogP contribution in [0.1, 0.15) is 11.3 Å². The Bertz CT molecular complexity index is 824. The molecule has 2 heterocycles. The van der Waals surface area contributed by atoms with Crippen LogP contribution in [0.4, 0.5) is 0 Å². The molecule has 0 aliphatic rings. The molecule has 0 fully saturated rings. The molecule has 0 saturated carbocycles. The molecule has 0 radical (unpaired) electrons. The highest BCUT2D eigenvalue weighted by Gasteiger charge is 2.04. The van der Waals surface area contributed by atoms with Crippen LogP contribution < -0.4 is 5.32 Å². The van der Waals surface area contributed by atoms with Crippen LogP contribution >= 0.6 is 11.6 Å². The maximum Gasteiger partial charge on any atom is 0.244 e. The van der Waals surface area contributed by atoms with E-state index < -0.39 is 0 Å². The number of nitrogens with zero attached hydrogens (tertiary/aromatic N) is 2. The molecule has 1 amide bonds. The summed E-state index contributed by atoms with van der Waals surface area (Å²) in [7, 11) is 0. The number of aromatic nitrogens is 2. The van der Waals surface area contributed by atoms with E-state index in [1.165, 1.54) is 6.08 Å². The van der Waals surface area contributed by atoms with Gasteiger partial charge >= 0.3 is 0 Å². The van der Waals surface area contributed by atoms with Crippen LogP contribution in [0.25, 0.3) is 11.7 Å². The molecule has 0 spiro atoms. The molecule has 0 saturated heterocycles. The van der Waals surface area contributed by atoms with Crippen molar-refractivity contribution in [1.82, 2.24) is 14.7 Å². The lowest BCUT2D eigenvalue weighted by Gasteiger charge is -1.98. The molecule has 22 heavy (non-hydrogen) atoms. The van der Waals surface area contributed by atoms with E-state index >= 15 is 0 Å². The number of benzene rings is 1. The summed E-state index contributed by atoms with van der Waals surface area (Å²) in [6.07, 6.45) is 5.10. The van der Waals surface area contributed by atoms with Crippen molar-refractivity contribution >= 4 is 29.2 Å². The Kier molecular flexibility index (Phi) is 4.21. The third kappa shape index (κ3) is 3.35. The molecule has 4 nitrogen and oxygen atoms in total. The summed E-state index contributed by atoms with van der Waals surface area (Å²) in [5, 5.41) is 3.39. The van der Waals surface area contributed by atoms with E-state index in [4.69, 9.17) is 11.6 Å². The second kappa shape index (κ2) is 6.45. The topological polar surface area (TPSA) is 46.4 Å². The van der Waals surface area contributed by atoms with Gasteiger partial charge in [-0.05, 0) is 23.8 Å². The van der Waals surface area contributed by atoms with Crippen molar-refractivity contribution in [2.75, 3.05) is 0 Å². The van der Waals surface area contributed by atoms with Crippen LogP contribution in [0.3, 0.4) is 0 Å². The Hall–Kier alpha value is -2.59. The molecule has 3 rings (SSSR count). The van der Waals surface area contributed by atoms with Gasteiger partial charge in [0.2, 0.25) is 5.91 Å². The van der Waals surface area contributed by atoms with Crippen molar-refractivity contribution in [2.24, 2.45) is 0 Å². The smallest absolute Gasteiger partial charge is 0.244 e. The highest BCUT2D eigenvalue weighted by Crippen LogP contribution is 2.13. The van der Waals surface area contributed by atoms with Crippen LogP contribution in [-0.2, 0) is 11.3 Å². The van der Waals surface area contributed by atoms with Crippen LogP contribution in [0.2, 0.25) is 5.15 Å². The number of carbonyl (C=O) groups excluding carboxylic acids is 1. The Balaban J connectivity index is 1.62. The first-order chi connectivity index (χ1) is 10.7. The lowest BCUT2D eigenvalue weighted by molar-refractivity contribution is -0.116. The molecule has 0 aliphatic carbocycles. The predicted molar refractivity (Wildman–Crippen MR) is 87.5 cm³/mol. The Labute approximate surface area is 133 Å². The molecule has 0 bridgehead atoms. The number of rotatable bonds is 4. The minimum absolute atomic E-state index is 0.160. The zero-order chi connectivity index (χ0) is 15.4. The number of hydrogen-bond acceptors (Lipinski definition) is 2. The van der Waals surface area contributed by atoms with E-state index in [0.717, 1.165) is 16.9 Å². The summed E-state index contributed by atoms with van der Waals surface area (Å²) in [4.78, 5) is 16.2. The number of nitrogens with one attached hydrogen (secondary N) is 1. The molecule has 1 aromatic carbocycles. The average Bonchev–Trinajstić information content (AvgIpc) is 2.96. The second-order valence-electron chi connectivity index (χ2n) is 4.77. The zero-order valence-corrected chi connectivity index (χ0v) is 12.5. The third-order valence-electron chi connectivity index (χ3n) is 3.16. The fourth-order valence-electron chi connectivity index (χ4n) is 2.09. The first-order valence-electron chi connectivity index (χ1n) is 6.86. The fraction of sp³-hybridized carbons (Fsp3) is 0.0588. The quantitative estimate of drug-likeness (QED) is 0.593. The lowest BCUT2D eigenvalue weighted by atomic mass is 10.2. The van der Waals surface area contributed by atoms with E-state index in [0.29, 0.717) is 11.7 Å². The summed E-state index contributed by atoms with van der Waals surface area (Å²) in [6, 6.07) is 15.2. The fourth-order valence-corrected chi connectivity index (χ4v) is 2.29. The highest BCUT2D eigenvalue weighted by atomic mass is 35.5. The number of halogens is 1. The number of pyridine rings is 1. The SMILES string of the molecule is O=C(/C=C/c1ccccc1)NCc1cn2c(Cl)cccc2n1. The molecule has 0 aliphatic heterocycles. The zero-order valence-electron chi connectivity index (χ0n) is 11.7. The van der Waals surface area contributed by atoms with Crippen molar-refractivity contribution in [2.45, 2.75) is 6.54 Å². The molecule has 2 aromatic heterocycles. The highest BCUT2D eigenvalue weighted by molar-refractivity contribution is 6.29. The minimum atomic E-state index is -0.160. The third-order valence-corrected chi connectivity index (χ3v) is 3.47. The molecule has 0 unspecified atom stereocenters. The van der Waals surface area contributed by atoms with Crippen LogP contribution in [0.15, 0.2) is 60.8 Å². The van der Waals surface area contributed by atoms with Gasteiger partial charge in [0, 0.05) is 12.3 Å². The molecule has 3 aromatic rings.